The molecule has 0 aliphatic heterocycles. The van der Waals surface area contributed by atoms with E-state index in [4.69, 9.17) is 0 Å². The normalized spacial score (nSPS) is 11.3. The first-order valence-corrected chi connectivity index (χ1v) is 10.6. The maximum atomic E-state index is 3.93. The van der Waals surface area contributed by atoms with Gasteiger partial charge >= 0.3 is 0 Å². The molecule has 0 atom stereocenters. The minimum absolute atomic E-state index is 1.09. The van der Waals surface area contributed by atoms with Crippen molar-refractivity contribution in [2.24, 2.45) is 0 Å². The Morgan fingerprint density at radius 3 is 1.67 bits per heavy atom. The third-order valence-electron chi connectivity index (χ3n) is 5.62. The highest BCUT2D eigenvalue weighted by Crippen LogP contribution is 2.31. The van der Waals surface area contributed by atoms with E-state index in [1.54, 1.807) is 0 Å². The lowest BCUT2D eigenvalue weighted by Gasteiger charge is -2.08. The van der Waals surface area contributed by atoms with Gasteiger partial charge in [0, 0.05) is 28.4 Å². The van der Waals surface area contributed by atoms with Crippen LogP contribution in [0, 0.1) is 0 Å². The highest BCUT2D eigenvalue weighted by Gasteiger charge is 2.11. The van der Waals surface area contributed by atoms with Crippen LogP contribution in [0.15, 0.2) is 49.6 Å². The molecule has 0 N–H and O–H groups in total. The molecule has 0 amide bonds. The second kappa shape index (κ2) is 9.60. The topological polar surface area (TPSA) is 4.93 Å². The largest absolute Gasteiger partial charge is 0.340 e. The summed E-state index contributed by atoms with van der Waals surface area (Å²) in [6, 6.07) is 13.4. The SMILES string of the molecule is C=Cc1ccc2c(c1)c1cc(C=C)ccc1n2CCCCCCCCCC. The van der Waals surface area contributed by atoms with E-state index in [2.05, 4.69) is 61.0 Å². The third-order valence-corrected chi connectivity index (χ3v) is 5.62. The zero-order chi connectivity index (χ0) is 19.1. The number of unbranched alkanes of at least 4 members (excludes halogenated alkanes) is 7. The van der Waals surface area contributed by atoms with Gasteiger partial charge in [0.1, 0.15) is 0 Å². The van der Waals surface area contributed by atoms with E-state index in [1.165, 1.54) is 84.3 Å². The Kier molecular flexibility index (Phi) is 6.92. The first-order valence-electron chi connectivity index (χ1n) is 10.6. The standard InChI is InChI=1S/C26H33N/c1-4-7-8-9-10-11-12-13-18-27-25-16-14-21(5-2)19-23(25)24-20-22(6-3)15-17-26(24)27/h5-6,14-17,19-20H,2-4,7-13,18H2,1H3. The molecule has 3 aromatic rings. The summed E-state index contributed by atoms with van der Waals surface area (Å²) in [5, 5.41) is 2.65. The molecule has 142 valence electrons. The zero-order valence-corrected chi connectivity index (χ0v) is 16.8. The van der Waals surface area contributed by atoms with Crippen molar-refractivity contribution in [1.29, 1.82) is 0 Å². The average molecular weight is 360 g/mol. The van der Waals surface area contributed by atoms with E-state index >= 15 is 0 Å². The summed E-state index contributed by atoms with van der Waals surface area (Å²) in [6.45, 7) is 11.2. The molecule has 3 rings (SSSR count). The molecular formula is C26H33N. The van der Waals surface area contributed by atoms with E-state index in [0.29, 0.717) is 0 Å². The van der Waals surface area contributed by atoms with Gasteiger partial charge in [0.2, 0.25) is 0 Å². The van der Waals surface area contributed by atoms with Crippen LogP contribution in [-0.4, -0.2) is 4.57 Å². The minimum atomic E-state index is 1.09. The minimum Gasteiger partial charge on any atom is -0.340 e. The molecule has 1 heteroatoms. The zero-order valence-electron chi connectivity index (χ0n) is 16.8. The van der Waals surface area contributed by atoms with Crippen LogP contribution in [0.2, 0.25) is 0 Å². The van der Waals surface area contributed by atoms with E-state index in [1.807, 2.05) is 12.2 Å². The molecule has 2 aromatic carbocycles. The van der Waals surface area contributed by atoms with Crippen LogP contribution in [0.25, 0.3) is 34.0 Å². The molecule has 0 radical (unpaired) electrons. The van der Waals surface area contributed by atoms with Gasteiger partial charge < -0.3 is 4.57 Å². The van der Waals surface area contributed by atoms with E-state index < -0.39 is 0 Å². The summed E-state index contributed by atoms with van der Waals surface area (Å²) in [5.41, 5.74) is 5.02. The highest BCUT2D eigenvalue weighted by atomic mass is 15.0. The average Bonchev–Trinajstić information content (AvgIpc) is 3.02. The number of aryl methyl sites for hydroxylation is 1. The first-order chi connectivity index (χ1) is 13.3. The molecular weight excluding hydrogens is 326 g/mol. The summed E-state index contributed by atoms with van der Waals surface area (Å²) >= 11 is 0. The molecule has 0 saturated heterocycles. The fourth-order valence-corrected chi connectivity index (χ4v) is 4.04. The highest BCUT2D eigenvalue weighted by molar-refractivity contribution is 6.09. The van der Waals surface area contributed by atoms with Crippen molar-refractivity contribution in [1.82, 2.24) is 4.57 Å². The van der Waals surface area contributed by atoms with Gasteiger partial charge in [0.15, 0.2) is 0 Å². The fourth-order valence-electron chi connectivity index (χ4n) is 4.04. The molecule has 0 aliphatic carbocycles. The number of rotatable bonds is 11. The number of hydrogen-bond acceptors (Lipinski definition) is 0. The number of nitrogens with zero attached hydrogens (tertiary/aromatic N) is 1. The summed E-state index contributed by atoms with van der Waals surface area (Å²) in [4.78, 5) is 0. The molecule has 27 heavy (non-hydrogen) atoms. The van der Waals surface area contributed by atoms with Crippen LogP contribution >= 0.6 is 0 Å². The lowest BCUT2D eigenvalue weighted by atomic mass is 10.1. The van der Waals surface area contributed by atoms with Crippen LogP contribution in [0.5, 0.6) is 0 Å². The number of fused-ring (bicyclic) bond motifs is 3. The first kappa shape index (κ1) is 19.5. The smallest absolute Gasteiger partial charge is 0.0491 e. The van der Waals surface area contributed by atoms with Crippen LogP contribution in [0.3, 0.4) is 0 Å². The van der Waals surface area contributed by atoms with E-state index in [-0.39, 0.29) is 0 Å². The molecule has 0 spiro atoms. The lowest BCUT2D eigenvalue weighted by molar-refractivity contribution is 0.553. The van der Waals surface area contributed by atoms with Crippen LogP contribution in [-0.2, 0) is 6.54 Å². The second-order valence-corrected chi connectivity index (χ2v) is 7.59. The molecule has 0 bridgehead atoms. The summed E-state index contributed by atoms with van der Waals surface area (Å²) in [7, 11) is 0. The number of hydrogen-bond donors (Lipinski definition) is 0. The van der Waals surface area contributed by atoms with Gasteiger partial charge in [-0.2, -0.15) is 0 Å². The van der Waals surface area contributed by atoms with Crippen molar-refractivity contribution < 1.29 is 0 Å². The molecule has 1 nitrogen and oxygen atoms in total. The van der Waals surface area contributed by atoms with Gasteiger partial charge in [0.05, 0.1) is 0 Å². The molecule has 0 saturated carbocycles. The summed E-state index contributed by atoms with van der Waals surface area (Å²) < 4.78 is 2.50. The Labute approximate surface area is 164 Å². The van der Waals surface area contributed by atoms with Gasteiger partial charge in [-0.05, 0) is 41.8 Å². The quantitative estimate of drug-likeness (QED) is 0.304. The Bertz CT molecular complexity index is 847. The number of benzene rings is 2. The van der Waals surface area contributed by atoms with Gasteiger partial charge in [0.25, 0.3) is 0 Å². The van der Waals surface area contributed by atoms with Gasteiger partial charge in [-0.15, -0.1) is 0 Å². The van der Waals surface area contributed by atoms with Gasteiger partial charge in [-0.3, -0.25) is 0 Å². The van der Waals surface area contributed by atoms with Gasteiger partial charge in [-0.25, -0.2) is 0 Å². The Balaban J connectivity index is 1.77. The second-order valence-electron chi connectivity index (χ2n) is 7.59. The Morgan fingerprint density at radius 2 is 1.19 bits per heavy atom. The molecule has 0 fully saturated rings. The third kappa shape index (κ3) is 4.53. The van der Waals surface area contributed by atoms with E-state index in [0.717, 1.165) is 6.54 Å². The van der Waals surface area contributed by atoms with Crippen LogP contribution in [0.4, 0.5) is 0 Å². The van der Waals surface area contributed by atoms with Crippen LogP contribution in [0.1, 0.15) is 69.4 Å². The molecule has 0 aliphatic rings. The van der Waals surface area contributed by atoms with Crippen molar-refractivity contribution >= 4 is 34.0 Å². The van der Waals surface area contributed by atoms with Crippen molar-refractivity contribution in [3.8, 4) is 0 Å². The lowest BCUT2D eigenvalue weighted by Crippen LogP contribution is -1.97. The Morgan fingerprint density at radius 1 is 0.704 bits per heavy atom. The molecule has 1 heterocycles. The van der Waals surface area contributed by atoms with Gasteiger partial charge in [-0.1, -0.05) is 89.3 Å². The summed E-state index contributed by atoms with van der Waals surface area (Å²) in [6.07, 6.45) is 14.7. The monoisotopic (exact) mass is 359 g/mol. The fraction of sp³-hybridized carbons (Fsp3) is 0.385. The maximum Gasteiger partial charge on any atom is 0.0491 e. The molecule has 1 aromatic heterocycles. The molecule has 0 unspecified atom stereocenters. The van der Waals surface area contributed by atoms with Crippen molar-refractivity contribution in [3.05, 3.63) is 60.7 Å². The van der Waals surface area contributed by atoms with Crippen LogP contribution < -0.4 is 0 Å². The summed E-state index contributed by atoms with van der Waals surface area (Å²) in [5.74, 6) is 0. The van der Waals surface area contributed by atoms with Crippen molar-refractivity contribution in [2.45, 2.75) is 64.8 Å². The number of aromatic nitrogens is 1. The Hall–Kier alpha value is -2.28. The predicted octanol–water partition coefficient (Wildman–Crippen LogP) is 8.22. The maximum absolute atomic E-state index is 3.93. The van der Waals surface area contributed by atoms with Crippen molar-refractivity contribution in [3.63, 3.8) is 0 Å². The van der Waals surface area contributed by atoms with Crippen molar-refractivity contribution in [2.75, 3.05) is 0 Å². The predicted molar refractivity (Wildman–Crippen MR) is 122 cm³/mol. The van der Waals surface area contributed by atoms with E-state index in [9.17, 15) is 0 Å².